The normalized spacial score (nSPS) is 11.2. The number of nitrogens with one attached hydrogen (secondary N) is 2. The Balaban J connectivity index is 1.54. The quantitative estimate of drug-likeness (QED) is 0.569. The Morgan fingerprint density at radius 1 is 1.18 bits per heavy atom. The lowest BCUT2D eigenvalue weighted by molar-refractivity contribution is -0.116. The Morgan fingerprint density at radius 3 is 2.68 bits per heavy atom. The summed E-state index contributed by atoms with van der Waals surface area (Å²) in [5.74, 6) is -0.571. The summed E-state index contributed by atoms with van der Waals surface area (Å²) in [6.07, 6.45) is 1.53. The van der Waals surface area contributed by atoms with Crippen LogP contribution < -0.4 is 10.9 Å². The highest BCUT2D eigenvalue weighted by atomic mass is 19.1. The van der Waals surface area contributed by atoms with Crippen molar-refractivity contribution in [3.8, 4) is 0 Å². The third-order valence-electron chi connectivity index (χ3n) is 4.62. The van der Waals surface area contributed by atoms with Crippen LogP contribution in [-0.2, 0) is 11.3 Å². The molecule has 2 aromatic heterocycles. The van der Waals surface area contributed by atoms with Crippen molar-refractivity contribution in [3.05, 3.63) is 70.0 Å². The molecular formula is C21H19FN4O2. The van der Waals surface area contributed by atoms with Gasteiger partial charge in [0.2, 0.25) is 5.91 Å². The number of halogens is 1. The maximum absolute atomic E-state index is 13.5. The summed E-state index contributed by atoms with van der Waals surface area (Å²) >= 11 is 0. The Kier molecular flexibility index (Phi) is 4.43. The predicted molar refractivity (Wildman–Crippen MR) is 107 cm³/mol. The van der Waals surface area contributed by atoms with E-state index in [1.165, 1.54) is 23.0 Å². The smallest absolute Gasteiger partial charge is 0.277 e. The van der Waals surface area contributed by atoms with Crippen LogP contribution in [0.25, 0.3) is 21.9 Å². The second-order valence-corrected chi connectivity index (χ2v) is 6.96. The molecule has 0 bridgehead atoms. The zero-order valence-electron chi connectivity index (χ0n) is 15.5. The van der Waals surface area contributed by atoms with E-state index in [1.54, 1.807) is 6.07 Å². The number of rotatable bonds is 4. The van der Waals surface area contributed by atoms with Crippen molar-refractivity contribution in [3.63, 3.8) is 0 Å². The van der Waals surface area contributed by atoms with E-state index in [0.717, 1.165) is 16.8 Å². The minimum absolute atomic E-state index is 0.134. The van der Waals surface area contributed by atoms with E-state index in [9.17, 15) is 14.0 Å². The lowest BCUT2D eigenvalue weighted by atomic mass is 10.1. The van der Waals surface area contributed by atoms with Crippen LogP contribution in [0.15, 0.2) is 47.5 Å². The summed E-state index contributed by atoms with van der Waals surface area (Å²) in [5, 5.41) is 3.42. The SMILES string of the molecule is Cc1cc(C)cc(NC(=O)CCn2cnc3c([nH]c4ccc(F)cc43)c2=O)c1. The lowest BCUT2D eigenvalue weighted by Gasteiger charge is -2.08. The van der Waals surface area contributed by atoms with Gasteiger partial charge in [-0.25, -0.2) is 9.37 Å². The van der Waals surface area contributed by atoms with E-state index in [1.807, 2.05) is 32.0 Å². The molecule has 0 saturated heterocycles. The van der Waals surface area contributed by atoms with E-state index in [2.05, 4.69) is 15.3 Å². The number of anilines is 1. The maximum Gasteiger partial charge on any atom is 0.277 e. The first-order valence-electron chi connectivity index (χ1n) is 8.95. The highest BCUT2D eigenvalue weighted by Crippen LogP contribution is 2.22. The summed E-state index contributed by atoms with van der Waals surface area (Å²) in [7, 11) is 0. The van der Waals surface area contributed by atoms with Gasteiger partial charge in [-0.2, -0.15) is 0 Å². The van der Waals surface area contributed by atoms with Crippen LogP contribution >= 0.6 is 0 Å². The Bertz CT molecular complexity index is 1250. The van der Waals surface area contributed by atoms with Gasteiger partial charge in [-0.1, -0.05) is 6.07 Å². The second kappa shape index (κ2) is 6.92. The molecule has 0 aliphatic heterocycles. The number of H-pyrrole nitrogens is 1. The second-order valence-electron chi connectivity index (χ2n) is 6.96. The molecule has 4 rings (SSSR count). The average molecular weight is 378 g/mol. The van der Waals surface area contributed by atoms with Crippen LogP contribution in [0.5, 0.6) is 0 Å². The minimum Gasteiger partial charge on any atom is -0.349 e. The van der Waals surface area contributed by atoms with E-state index in [-0.39, 0.29) is 30.2 Å². The van der Waals surface area contributed by atoms with Crippen LogP contribution in [0, 0.1) is 19.7 Å². The first-order chi connectivity index (χ1) is 13.4. The number of aromatic nitrogens is 3. The summed E-state index contributed by atoms with van der Waals surface area (Å²) in [5.41, 5.74) is 3.95. The molecule has 0 spiro atoms. The van der Waals surface area contributed by atoms with Crippen LogP contribution in [-0.4, -0.2) is 20.4 Å². The van der Waals surface area contributed by atoms with Gasteiger partial charge in [0.25, 0.3) is 5.56 Å². The van der Waals surface area contributed by atoms with Gasteiger partial charge in [0, 0.05) is 29.6 Å². The number of carbonyl (C=O) groups is 1. The Labute approximate surface area is 160 Å². The van der Waals surface area contributed by atoms with Gasteiger partial charge in [-0.15, -0.1) is 0 Å². The lowest BCUT2D eigenvalue weighted by Crippen LogP contribution is -2.23. The van der Waals surface area contributed by atoms with E-state index in [0.29, 0.717) is 21.9 Å². The summed E-state index contributed by atoms with van der Waals surface area (Å²) in [4.78, 5) is 32.3. The van der Waals surface area contributed by atoms with E-state index >= 15 is 0 Å². The standard InChI is InChI=1S/C21H19FN4O2/c1-12-7-13(2)9-15(8-12)24-18(27)5-6-26-11-23-19-16-10-14(22)3-4-17(16)25-20(19)21(26)28/h3-4,7-11,25H,5-6H2,1-2H3,(H,24,27). The molecule has 2 N–H and O–H groups in total. The highest BCUT2D eigenvalue weighted by Gasteiger charge is 2.12. The first kappa shape index (κ1) is 17.9. The fourth-order valence-corrected chi connectivity index (χ4v) is 3.41. The molecule has 6 nitrogen and oxygen atoms in total. The summed E-state index contributed by atoms with van der Waals surface area (Å²) in [6, 6.07) is 10.1. The third kappa shape index (κ3) is 3.38. The van der Waals surface area contributed by atoms with Gasteiger partial charge in [0.05, 0.1) is 6.33 Å². The number of aromatic amines is 1. The Hall–Kier alpha value is -3.48. The molecule has 0 fully saturated rings. The summed E-state index contributed by atoms with van der Waals surface area (Å²) in [6.45, 7) is 4.13. The van der Waals surface area contributed by atoms with Gasteiger partial charge in [-0.3, -0.25) is 14.2 Å². The zero-order valence-corrected chi connectivity index (χ0v) is 15.5. The van der Waals surface area contributed by atoms with E-state index < -0.39 is 0 Å². The molecular weight excluding hydrogens is 359 g/mol. The van der Waals surface area contributed by atoms with E-state index in [4.69, 9.17) is 0 Å². The topological polar surface area (TPSA) is 79.8 Å². The molecule has 28 heavy (non-hydrogen) atoms. The van der Waals surface area contributed by atoms with Crippen molar-refractivity contribution in [1.29, 1.82) is 0 Å². The van der Waals surface area contributed by atoms with Crippen LogP contribution in [0.1, 0.15) is 17.5 Å². The predicted octanol–water partition coefficient (Wildman–Crippen LogP) is 3.66. The van der Waals surface area contributed by atoms with Crippen molar-refractivity contribution in [2.24, 2.45) is 0 Å². The van der Waals surface area contributed by atoms with Crippen molar-refractivity contribution >= 4 is 33.5 Å². The number of carbonyl (C=O) groups excluding carboxylic acids is 1. The molecule has 2 heterocycles. The number of hydrogen-bond acceptors (Lipinski definition) is 3. The molecule has 0 radical (unpaired) electrons. The molecule has 0 aliphatic rings. The third-order valence-corrected chi connectivity index (χ3v) is 4.62. The molecule has 0 unspecified atom stereocenters. The number of hydrogen-bond donors (Lipinski definition) is 2. The van der Waals surface area contributed by atoms with Gasteiger partial charge in [-0.05, 0) is 55.3 Å². The molecule has 0 atom stereocenters. The number of nitrogens with zero attached hydrogens (tertiary/aromatic N) is 2. The number of fused-ring (bicyclic) bond motifs is 3. The largest absolute Gasteiger partial charge is 0.349 e. The monoisotopic (exact) mass is 378 g/mol. The fraction of sp³-hybridized carbons (Fsp3) is 0.190. The number of benzene rings is 2. The van der Waals surface area contributed by atoms with Crippen LogP contribution in [0.3, 0.4) is 0 Å². The van der Waals surface area contributed by atoms with Crippen molar-refractivity contribution in [2.75, 3.05) is 5.32 Å². The minimum atomic E-state index is -0.387. The Morgan fingerprint density at radius 2 is 1.93 bits per heavy atom. The number of amides is 1. The molecule has 2 aromatic carbocycles. The molecule has 4 aromatic rings. The highest BCUT2D eigenvalue weighted by molar-refractivity contribution is 6.04. The molecule has 0 aliphatic carbocycles. The van der Waals surface area contributed by atoms with Crippen molar-refractivity contribution in [2.45, 2.75) is 26.8 Å². The molecule has 7 heteroatoms. The van der Waals surface area contributed by atoms with Crippen molar-refractivity contribution < 1.29 is 9.18 Å². The fourth-order valence-electron chi connectivity index (χ4n) is 3.41. The molecule has 0 saturated carbocycles. The summed E-state index contributed by atoms with van der Waals surface area (Å²) < 4.78 is 14.9. The van der Waals surface area contributed by atoms with Crippen LogP contribution in [0.4, 0.5) is 10.1 Å². The number of aryl methyl sites for hydroxylation is 3. The van der Waals surface area contributed by atoms with Gasteiger partial charge in [0.1, 0.15) is 16.9 Å². The van der Waals surface area contributed by atoms with Gasteiger partial charge in [0.15, 0.2) is 0 Å². The maximum atomic E-state index is 13.5. The molecule has 142 valence electrons. The van der Waals surface area contributed by atoms with Crippen LogP contribution in [0.2, 0.25) is 0 Å². The molecule has 1 amide bonds. The zero-order chi connectivity index (χ0) is 19.8. The van der Waals surface area contributed by atoms with Gasteiger partial charge < -0.3 is 10.3 Å². The average Bonchev–Trinajstić information content (AvgIpc) is 2.99. The van der Waals surface area contributed by atoms with Crippen molar-refractivity contribution in [1.82, 2.24) is 14.5 Å². The first-order valence-corrected chi connectivity index (χ1v) is 8.95. The van der Waals surface area contributed by atoms with Gasteiger partial charge >= 0.3 is 0 Å².